The summed E-state index contributed by atoms with van der Waals surface area (Å²) in [6.45, 7) is 6.37. The van der Waals surface area contributed by atoms with Gasteiger partial charge >= 0.3 is 0 Å². The minimum atomic E-state index is -0.294. The fourth-order valence-corrected chi connectivity index (χ4v) is 2.59. The molecule has 3 aromatic rings. The van der Waals surface area contributed by atoms with Gasteiger partial charge < -0.3 is 15.4 Å². The Labute approximate surface area is 158 Å². The second kappa shape index (κ2) is 8.31. The van der Waals surface area contributed by atoms with E-state index in [-0.39, 0.29) is 5.91 Å². The molecule has 1 amide bonds. The molecular weight excluding hydrogens is 340 g/mol. The summed E-state index contributed by atoms with van der Waals surface area (Å²) in [7, 11) is 0. The van der Waals surface area contributed by atoms with Crippen molar-refractivity contribution in [1.29, 1.82) is 0 Å². The summed E-state index contributed by atoms with van der Waals surface area (Å²) < 4.78 is 5.41. The summed E-state index contributed by atoms with van der Waals surface area (Å²) in [5.41, 5.74) is 3.68. The second-order valence-electron chi connectivity index (χ2n) is 6.12. The number of carbonyl (C=O) groups excluding carboxylic acids is 1. The summed E-state index contributed by atoms with van der Waals surface area (Å²) in [5.74, 6) is 0.854. The molecule has 0 aliphatic heterocycles. The molecule has 1 aromatic heterocycles. The third-order valence-corrected chi connectivity index (χ3v) is 3.78. The Balaban J connectivity index is 1.75. The van der Waals surface area contributed by atoms with E-state index in [0.717, 1.165) is 17.0 Å². The number of benzene rings is 2. The van der Waals surface area contributed by atoms with Crippen molar-refractivity contribution in [3.8, 4) is 5.75 Å². The molecule has 0 saturated heterocycles. The Morgan fingerprint density at radius 1 is 1.00 bits per heavy atom. The number of amides is 1. The molecule has 2 aromatic carbocycles. The molecule has 0 unspecified atom stereocenters. The Morgan fingerprint density at radius 2 is 1.78 bits per heavy atom. The summed E-state index contributed by atoms with van der Waals surface area (Å²) >= 11 is 0. The molecule has 0 aliphatic rings. The predicted octanol–water partition coefficient (Wildman–Crippen LogP) is 4.49. The van der Waals surface area contributed by atoms with Crippen molar-refractivity contribution >= 4 is 23.2 Å². The Kier molecular flexibility index (Phi) is 5.66. The van der Waals surface area contributed by atoms with Crippen LogP contribution in [0.5, 0.6) is 5.75 Å². The van der Waals surface area contributed by atoms with Crippen LogP contribution < -0.4 is 15.4 Å². The number of nitrogens with one attached hydrogen (secondary N) is 2. The smallest absolute Gasteiger partial charge is 0.274 e. The molecule has 6 nitrogen and oxygen atoms in total. The van der Waals surface area contributed by atoms with E-state index in [1.807, 2.05) is 57.2 Å². The highest BCUT2D eigenvalue weighted by Gasteiger charge is 2.11. The lowest BCUT2D eigenvalue weighted by Gasteiger charge is -2.10. The molecule has 0 spiro atoms. The molecule has 138 valence electrons. The van der Waals surface area contributed by atoms with E-state index in [2.05, 4.69) is 20.6 Å². The monoisotopic (exact) mass is 362 g/mol. The highest BCUT2D eigenvalue weighted by molar-refractivity contribution is 6.03. The van der Waals surface area contributed by atoms with Crippen LogP contribution in [0.2, 0.25) is 0 Å². The molecule has 0 aliphatic carbocycles. The summed E-state index contributed by atoms with van der Waals surface area (Å²) in [6, 6.07) is 16.8. The third kappa shape index (κ3) is 5.04. The first-order chi connectivity index (χ1) is 13.0. The van der Waals surface area contributed by atoms with Crippen molar-refractivity contribution in [3.63, 3.8) is 0 Å². The Morgan fingerprint density at radius 3 is 2.48 bits per heavy atom. The number of hydrogen-bond donors (Lipinski definition) is 2. The van der Waals surface area contributed by atoms with Crippen LogP contribution in [0.15, 0.2) is 54.6 Å². The SMILES string of the molecule is CCOc1ccc(NC(=O)c2cc(C)nc(Nc3cccc(C)c3)n2)cc1. The molecule has 3 rings (SSSR count). The first kappa shape index (κ1) is 18.4. The van der Waals surface area contributed by atoms with Crippen molar-refractivity contribution in [3.05, 3.63) is 71.5 Å². The molecule has 0 radical (unpaired) electrons. The minimum absolute atomic E-state index is 0.294. The van der Waals surface area contributed by atoms with E-state index in [9.17, 15) is 4.79 Å². The standard InChI is InChI=1S/C21H22N4O2/c1-4-27-18-10-8-16(9-11-18)23-20(26)19-13-15(3)22-21(25-19)24-17-7-5-6-14(2)12-17/h5-13H,4H2,1-3H3,(H,23,26)(H,22,24,25). The number of anilines is 3. The zero-order chi connectivity index (χ0) is 19.2. The molecule has 27 heavy (non-hydrogen) atoms. The van der Waals surface area contributed by atoms with Crippen LogP contribution in [-0.2, 0) is 0 Å². The third-order valence-electron chi connectivity index (χ3n) is 3.78. The van der Waals surface area contributed by atoms with Gasteiger partial charge in [-0.05, 0) is 68.8 Å². The van der Waals surface area contributed by atoms with Gasteiger partial charge in [-0.2, -0.15) is 0 Å². The van der Waals surface area contributed by atoms with Gasteiger partial charge in [-0.25, -0.2) is 9.97 Å². The number of ether oxygens (including phenoxy) is 1. The maximum absolute atomic E-state index is 12.6. The van der Waals surface area contributed by atoms with Gasteiger partial charge in [0.2, 0.25) is 5.95 Å². The van der Waals surface area contributed by atoms with E-state index < -0.39 is 0 Å². The first-order valence-corrected chi connectivity index (χ1v) is 8.77. The predicted molar refractivity (Wildman–Crippen MR) is 107 cm³/mol. The lowest BCUT2D eigenvalue weighted by Crippen LogP contribution is -2.15. The lowest BCUT2D eigenvalue weighted by atomic mass is 10.2. The number of aryl methyl sites for hydroxylation is 2. The molecule has 0 atom stereocenters. The van der Waals surface area contributed by atoms with Crippen LogP contribution >= 0.6 is 0 Å². The lowest BCUT2D eigenvalue weighted by molar-refractivity contribution is 0.102. The number of rotatable bonds is 6. The van der Waals surface area contributed by atoms with E-state index in [0.29, 0.717) is 29.6 Å². The molecule has 6 heteroatoms. The van der Waals surface area contributed by atoms with Crippen LogP contribution in [0.4, 0.5) is 17.3 Å². The fourth-order valence-electron chi connectivity index (χ4n) is 2.59. The van der Waals surface area contributed by atoms with Gasteiger partial charge in [0.1, 0.15) is 11.4 Å². The number of carbonyl (C=O) groups is 1. The van der Waals surface area contributed by atoms with Crippen molar-refractivity contribution in [2.75, 3.05) is 17.2 Å². The Bertz CT molecular complexity index is 939. The summed E-state index contributed by atoms with van der Waals surface area (Å²) in [5, 5.41) is 5.99. The maximum atomic E-state index is 12.6. The average molecular weight is 362 g/mol. The molecular formula is C21H22N4O2. The molecule has 0 saturated carbocycles. The molecule has 0 fully saturated rings. The van der Waals surface area contributed by atoms with E-state index in [4.69, 9.17) is 4.74 Å². The average Bonchev–Trinajstić information content (AvgIpc) is 2.63. The zero-order valence-electron chi connectivity index (χ0n) is 15.6. The number of nitrogens with zero attached hydrogens (tertiary/aromatic N) is 2. The van der Waals surface area contributed by atoms with Gasteiger partial charge in [-0.1, -0.05) is 12.1 Å². The van der Waals surface area contributed by atoms with Crippen molar-refractivity contribution in [1.82, 2.24) is 9.97 Å². The van der Waals surface area contributed by atoms with Gasteiger partial charge in [0.15, 0.2) is 0 Å². The van der Waals surface area contributed by atoms with Gasteiger partial charge in [0.05, 0.1) is 6.61 Å². The van der Waals surface area contributed by atoms with Crippen LogP contribution in [0.1, 0.15) is 28.7 Å². The van der Waals surface area contributed by atoms with Crippen LogP contribution in [0.25, 0.3) is 0 Å². The van der Waals surface area contributed by atoms with Crippen molar-refractivity contribution in [2.24, 2.45) is 0 Å². The number of hydrogen-bond acceptors (Lipinski definition) is 5. The molecule has 2 N–H and O–H groups in total. The van der Waals surface area contributed by atoms with Crippen molar-refractivity contribution in [2.45, 2.75) is 20.8 Å². The maximum Gasteiger partial charge on any atom is 0.274 e. The first-order valence-electron chi connectivity index (χ1n) is 8.77. The topological polar surface area (TPSA) is 76.1 Å². The van der Waals surface area contributed by atoms with E-state index in [1.54, 1.807) is 18.2 Å². The van der Waals surface area contributed by atoms with Gasteiger partial charge in [-0.3, -0.25) is 4.79 Å². The van der Waals surface area contributed by atoms with Gasteiger partial charge in [0.25, 0.3) is 5.91 Å². The highest BCUT2D eigenvalue weighted by Crippen LogP contribution is 2.18. The van der Waals surface area contributed by atoms with Gasteiger partial charge in [0, 0.05) is 17.1 Å². The zero-order valence-corrected chi connectivity index (χ0v) is 15.6. The summed E-state index contributed by atoms with van der Waals surface area (Å²) in [4.78, 5) is 21.3. The minimum Gasteiger partial charge on any atom is -0.494 e. The number of aromatic nitrogens is 2. The highest BCUT2D eigenvalue weighted by atomic mass is 16.5. The quantitative estimate of drug-likeness (QED) is 0.676. The Hall–Kier alpha value is -3.41. The summed E-state index contributed by atoms with van der Waals surface area (Å²) in [6.07, 6.45) is 0. The van der Waals surface area contributed by atoms with Crippen LogP contribution in [0, 0.1) is 13.8 Å². The van der Waals surface area contributed by atoms with E-state index >= 15 is 0 Å². The van der Waals surface area contributed by atoms with Crippen molar-refractivity contribution < 1.29 is 9.53 Å². The van der Waals surface area contributed by atoms with E-state index in [1.165, 1.54) is 0 Å². The second-order valence-corrected chi connectivity index (χ2v) is 6.12. The van der Waals surface area contributed by atoms with Crippen LogP contribution in [-0.4, -0.2) is 22.5 Å². The normalized spacial score (nSPS) is 10.3. The van der Waals surface area contributed by atoms with Gasteiger partial charge in [-0.15, -0.1) is 0 Å². The fraction of sp³-hybridized carbons (Fsp3) is 0.190. The van der Waals surface area contributed by atoms with Crippen LogP contribution in [0.3, 0.4) is 0 Å². The molecule has 1 heterocycles. The molecule has 0 bridgehead atoms. The largest absolute Gasteiger partial charge is 0.494 e.